The zero-order chi connectivity index (χ0) is 26.6. The van der Waals surface area contributed by atoms with Gasteiger partial charge in [-0.15, -0.1) is 0 Å². The predicted octanol–water partition coefficient (Wildman–Crippen LogP) is 3.41. The zero-order valence-corrected chi connectivity index (χ0v) is 22.5. The van der Waals surface area contributed by atoms with Crippen LogP contribution in [0.1, 0.15) is 29.6 Å². The van der Waals surface area contributed by atoms with Crippen molar-refractivity contribution in [3.05, 3.63) is 68.6 Å². The number of sulfonamides is 1. The summed E-state index contributed by atoms with van der Waals surface area (Å²) in [7, 11) is -2.42. The number of aromatic nitrogens is 1. The van der Waals surface area contributed by atoms with Crippen LogP contribution in [0.3, 0.4) is 0 Å². The number of aromatic amines is 1. The Labute approximate surface area is 225 Å². The Bertz CT molecular complexity index is 1450. The SMILES string of the molecule is CNS(=O)(=O)c1ccc2c(C(=O)NCCCN3CCC(Oc4ccc(Cl)c(Cl)c4)CC3)c[nH]c(=O)c2c1. The van der Waals surface area contributed by atoms with Crippen LogP contribution in [0, 0.1) is 0 Å². The van der Waals surface area contributed by atoms with E-state index in [2.05, 4.69) is 19.9 Å². The number of piperidine rings is 1. The van der Waals surface area contributed by atoms with Crippen molar-refractivity contribution in [1.29, 1.82) is 0 Å². The van der Waals surface area contributed by atoms with Crippen LogP contribution in [-0.2, 0) is 10.0 Å². The van der Waals surface area contributed by atoms with Gasteiger partial charge in [-0.25, -0.2) is 13.1 Å². The fraction of sp³-hybridized carbons (Fsp3) is 0.360. The van der Waals surface area contributed by atoms with Gasteiger partial charge in [-0.2, -0.15) is 0 Å². The Hall–Kier alpha value is -2.63. The van der Waals surface area contributed by atoms with Gasteiger partial charge in [0, 0.05) is 42.7 Å². The summed E-state index contributed by atoms with van der Waals surface area (Å²) in [5, 5.41) is 4.39. The first-order valence-corrected chi connectivity index (χ1v) is 14.1. The van der Waals surface area contributed by atoms with Crippen molar-refractivity contribution in [3.63, 3.8) is 0 Å². The van der Waals surface area contributed by atoms with Crippen LogP contribution < -0.4 is 20.3 Å². The maximum Gasteiger partial charge on any atom is 0.255 e. The minimum atomic E-state index is -3.72. The molecule has 1 amide bonds. The van der Waals surface area contributed by atoms with Crippen molar-refractivity contribution in [2.24, 2.45) is 0 Å². The van der Waals surface area contributed by atoms with Gasteiger partial charge in [0.15, 0.2) is 0 Å². The van der Waals surface area contributed by atoms with Gasteiger partial charge < -0.3 is 19.9 Å². The molecule has 0 bridgehead atoms. The molecule has 0 unspecified atom stereocenters. The number of hydrogen-bond donors (Lipinski definition) is 3. The number of nitrogens with zero attached hydrogens (tertiary/aromatic N) is 1. The molecule has 2 aromatic carbocycles. The number of halogens is 2. The van der Waals surface area contributed by atoms with Crippen LogP contribution in [-0.4, -0.2) is 63.5 Å². The van der Waals surface area contributed by atoms with Gasteiger partial charge in [0.2, 0.25) is 10.0 Å². The van der Waals surface area contributed by atoms with Crippen LogP contribution in [0.25, 0.3) is 10.8 Å². The average Bonchev–Trinajstić information content (AvgIpc) is 2.89. The maximum absolute atomic E-state index is 12.8. The Kier molecular flexibility index (Phi) is 8.76. The van der Waals surface area contributed by atoms with E-state index in [4.69, 9.17) is 27.9 Å². The van der Waals surface area contributed by atoms with Gasteiger partial charge in [-0.1, -0.05) is 29.3 Å². The molecular formula is C25H28Cl2N4O5S. The van der Waals surface area contributed by atoms with Crippen LogP contribution in [0.15, 0.2) is 52.3 Å². The summed E-state index contributed by atoms with van der Waals surface area (Å²) >= 11 is 12.0. The van der Waals surface area contributed by atoms with Crippen molar-refractivity contribution >= 4 is 49.9 Å². The van der Waals surface area contributed by atoms with Crippen molar-refractivity contribution in [2.75, 3.05) is 33.2 Å². The van der Waals surface area contributed by atoms with E-state index < -0.39 is 15.6 Å². The largest absolute Gasteiger partial charge is 0.490 e. The minimum Gasteiger partial charge on any atom is -0.490 e. The van der Waals surface area contributed by atoms with E-state index >= 15 is 0 Å². The Morgan fingerprint density at radius 2 is 1.86 bits per heavy atom. The second kappa shape index (κ2) is 11.8. The van der Waals surface area contributed by atoms with Gasteiger partial charge in [-0.3, -0.25) is 9.59 Å². The van der Waals surface area contributed by atoms with Crippen LogP contribution >= 0.6 is 23.2 Å². The second-order valence-electron chi connectivity index (χ2n) is 8.79. The Morgan fingerprint density at radius 1 is 1.11 bits per heavy atom. The first kappa shape index (κ1) is 27.4. The molecule has 1 aliphatic rings. The van der Waals surface area contributed by atoms with Crippen LogP contribution in [0.5, 0.6) is 5.75 Å². The first-order chi connectivity index (χ1) is 17.7. The first-order valence-electron chi connectivity index (χ1n) is 11.9. The highest BCUT2D eigenvalue weighted by atomic mass is 35.5. The second-order valence-corrected chi connectivity index (χ2v) is 11.5. The third-order valence-electron chi connectivity index (χ3n) is 6.36. The molecule has 0 atom stereocenters. The van der Waals surface area contributed by atoms with E-state index in [0.717, 1.165) is 38.9 Å². The lowest BCUT2D eigenvalue weighted by Gasteiger charge is -2.32. The Morgan fingerprint density at radius 3 is 2.57 bits per heavy atom. The number of amides is 1. The summed E-state index contributed by atoms with van der Waals surface area (Å²) in [4.78, 5) is 29.9. The Balaban J connectivity index is 1.27. The molecule has 0 radical (unpaired) electrons. The topological polar surface area (TPSA) is 121 Å². The van der Waals surface area contributed by atoms with Crippen molar-refractivity contribution in [2.45, 2.75) is 30.3 Å². The molecule has 9 nitrogen and oxygen atoms in total. The van der Waals surface area contributed by atoms with E-state index in [-0.39, 0.29) is 27.9 Å². The molecule has 198 valence electrons. The van der Waals surface area contributed by atoms with E-state index in [1.165, 1.54) is 31.4 Å². The fourth-order valence-electron chi connectivity index (χ4n) is 4.31. The summed E-state index contributed by atoms with van der Waals surface area (Å²) in [5.41, 5.74) is -0.186. The molecule has 1 saturated heterocycles. The third kappa shape index (κ3) is 6.63. The number of pyridine rings is 1. The highest BCUT2D eigenvalue weighted by molar-refractivity contribution is 7.89. The molecule has 1 aromatic heterocycles. The number of hydrogen-bond acceptors (Lipinski definition) is 6. The van der Waals surface area contributed by atoms with Crippen LogP contribution in [0.2, 0.25) is 10.0 Å². The quantitative estimate of drug-likeness (QED) is 0.341. The lowest BCUT2D eigenvalue weighted by Crippen LogP contribution is -2.39. The minimum absolute atomic E-state index is 0.0447. The number of carbonyl (C=O) groups is 1. The molecule has 0 spiro atoms. The maximum atomic E-state index is 12.8. The standard InChI is InChI=1S/C25H28Cl2N4O5S/c1-28-37(34,35)18-4-5-19-20(14-18)24(32)30-15-21(19)25(33)29-9-2-10-31-11-7-16(8-12-31)36-17-3-6-22(26)23(27)13-17/h3-6,13-16,28H,2,7-12H2,1H3,(H,29,33)(H,30,32). The molecule has 2 heterocycles. The lowest BCUT2D eigenvalue weighted by atomic mass is 10.1. The van der Waals surface area contributed by atoms with Crippen molar-refractivity contribution in [3.8, 4) is 5.75 Å². The van der Waals surface area contributed by atoms with Gasteiger partial charge in [0.25, 0.3) is 11.5 Å². The highest BCUT2D eigenvalue weighted by Crippen LogP contribution is 2.28. The summed E-state index contributed by atoms with van der Waals surface area (Å²) in [6, 6.07) is 9.40. The summed E-state index contributed by atoms with van der Waals surface area (Å²) in [6.07, 6.45) is 4.01. The van der Waals surface area contributed by atoms with Gasteiger partial charge >= 0.3 is 0 Å². The summed E-state index contributed by atoms with van der Waals surface area (Å²) < 4.78 is 32.4. The lowest BCUT2D eigenvalue weighted by molar-refractivity contribution is 0.0936. The molecule has 4 rings (SSSR count). The predicted molar refractivity (Wildman–Crippen MR) is 144 cm³/mol. The molecule has 1 fully saturated rings. The zero-order valence-electron chi connectivity index (χ0n) is 20.2. The summed E-state index contributed by atoms with van der Waals surface area (Å²) in [5.74, 6) is 0.379. The number of nitrogens with one attached hydrogen (secondary N) is 3. The molecule has 37 heavy (non-hydrogen) atoms. The van der Waals surface area contributed by atoms with Crippen LogP contribution in [0.4, 0.5) is 0 Å². The highest BCUT2D eigenvalue weighted by Gasteiger charge is 2.21. The van der Waals surface area contributed by atoms with Crippen molar-refractivity contribution in [1.82, 2.24) is 19.9 Å². The molecule has 0 saturated carbocycles. The van der Waals surface area contributed by atoms with Gasteiger partial charge in [0.1, 0.15) is 11.9 Å². The molecule has 3 aromatic rings. The third-order valence-corrected chi connectivity index (χ3v) is 8.51. The molecule has 3 N–H and O–H groups in total. The number of carbonyl (C=O) groups excluding carboxylic acids is 1. The van der Waals surface area contributed by atoms with E-state index in [0.29, 0.717) is 27.7 Å². The van der Waals surface area contributed by atoms with E-state index in [1.54, 1.807) is 12.1 Å². The van der Waals surface area contributed by atoms with Crippen molar-refractivity contribution < 1.29 is 17.9 Å². The number of benzene rings is 2. The number of H-pyrrole nitrogens is 1. The van der Waals surface area contributed by atoms with E-state index in [9.17, 15) is 18.0 Å². The normalized spacial score (nSPS) is 15.1. The molecular weight excluding hydrogens is 539 g/mol. The fourth-order valence-corrected chi connectivity index (χ4v) is 5.35. The smallest absolute Gasteiger partial charge is 0.255 e. The molecule has 1 aliphatic heterocycles. The monoisotopic (exact) mass is 566 g/mol. The van der Waals surface area contributed by atoms with Gasteiger partial charge in [-0.05, 0) is 57.1 Å². The molecule has 0 aliphatic carbocycles. The number of fused-ring (bicyclic) bond motifs is 1. The number of rotatable bonds is 9. The summed E-state index contributed by atoms with van der Waals surface area (Å²) in [6.45, 7) is 3.08. The van der Waals surface area contributed by atoms with Gasteiger partial charge in [0.05, 0.1) is 20.5 Å². The average molecular weight is 567 g/mol. The number of ether oxygens (including phenoxy) is 1. The number of likely N-dealkylation sites (tertiary alicyclic amines) is 1. The molecule has 12 heteroatoms. The van der Waals surface area contributed by atoms with E-state index in [1.807, 2.05) is 6.07 Å².